The van der Waals surface area contributed by atoms with Crippen LogP contribution in [0.3, 0.4) is 0 Å². The average Bonchev–Trinajstić information content (AvgIpc) is 3.22. The number of nitrogen functional groups attached to an aromatic ring is 1. The van der Waals surface area contributed by atoms with Crippen LogP contribution in [-0.2, 0) is 4.79 Å². The Bertz CT molecular complexity index is 1360. The van der Waals surface area contributed by atoms with Crippen LogP contribution in [-0.4, -0.2) is 74.6 Å². The Balaban J connectivity index is 0.000000883. The van der Waals surface area contributed by atoms with Crippen LogP contribution in [0.4, 0.5) is 11.4 Å². The molecule has 2 amide bonds. The molecule has 41 heavy (non-hydrogen) atoms. The summed E-state index contributed by atoms with van der Waals surface area (Å²) < 4.78 is 0. The van der Waals surface area contributed by atoms with Gasteiger partial charge in [0.05, 0.1) is 36.5 Å². The summed E-state index contributed by atoms with van der Waals surface area (Å²) in [5, 5.41) is 27.6. The Hall–Kier alpha value is -2.81. The van der Waals surface area contributed by atoms with Crippen LogP contribution in [0.25, 0.3) is 21.5 Å². The van der Waals surface area contributed by atoms with E-state index in [4.69, 9.17) is 21.6 Å². The predicted octanol–water partition coefficient (Wildman–Crippen LogP) is 3.21. The number of thiophene rings is 1. The van der Waals surface area contributed by atoms with E-state index in [1.54, 1.807) is 19.9 Å². The second kappa shape index (κ2) is 13.9. The molecule has 9 N–H and O–H groups in total. The molecule has 0 unspecified atom stereocenters. The number of benzene rings is 1. The first-order chi connectivity index (χ1) is 18.9. The molecule has 11 nitrogen and oxygen atoms in total. The summed E-state index contributed by atoms with van der Waals surface area (Å²) in [5.41, 5.74) is 12.6. The number of hydrogen-bond acceptors (Lipinski definition) is 11. The van der Waals surface area contributed by atoms with Crippen molar-refractivity contribution in [1.82, 2.24) is 20.6 Å². The second-order valence-electron chi connectivity index (χ2n) is 12.0. The summed E-state index contributed by atoms with van der Waals surface area (Å²) in [6.07, 6.45) is 1.88. The van der Waals surface area contributed by atoms with Gasteiger partial charge in [0.25, 0.3) is 5.91 Å². The maximum Gasteiger partial charge on any atom is 0.263 e. The molecule has 0 radical (unpaired) electrons. The topological polar surface area (TPSA) is 189 Å². The van der Waals surface area contributed by atoms with Gasteiger partial charge in [0, 0.05) is 27.9 Å². The Morgan fingerprint density at radius 1 is 1.05 bits per heavy atom. The molecule has 3 aromatic rings. The van der Waals surface area contributed by atoms with Crippen molar-refractivity contribution < 1.29 is 19.8 Å². The van der Waals surface area contributed by atoms with Crippen molar-refractivity contribution >= 4 is 56.5 Å². The molecule has 0 saturated heterocycles. The third-order valence-electron chi connectivity index (χ3n) is 5.40. The summed E-state index contributed by atoms with van der Waals surface area (Å²) in [6.45, 7) is 12.9. The fraction of sp³-hybridized carbons (Fsp3) is 0.500. The van der Waals surface area contributed by atoms with E-state index in [2.05, 4.69) is 20.9 Å². The van der Waals surface area contributed by atoms with Gasteiger partial charge in [-0.3, -0.25) is 9.59 Å². The normalized spacial score (nSPS) is 12.1. The lowest BCUT2D eigenvalue weighted by Crippen LogP contribution is -2.46. The zero-order valence-corrected chi connectivity index (χ0v) is 26.6. The third-order valence-corrected chi connectivity index (χ3v) is 7.04. The first-order valence-electron chi connectivity index (χ1n) is 13.0. The number of amides is 2. The zero-order chi connectivity index (χ0) is 31.2. The standard InChI is InChI=1S/C24H32N6O3S2.C4H11NO/c1-23(2,3)30-20(33)19-17(25)16-18(28-22(34-6)29-21(16)35-19)13-8-7-9-14(10-13)27-15(32)11-26-24(4,5)12-31;1-4(2,5)3-6/h7-10,26,31H,11-12,25H2,1-6H3,(H,27,32)(H,30,33);6H,3,5H2,1-2H3. The van der Waals surface area contributed by atoms with E-state index in [0.29, 0.717) is 37.3 Å². The van der Waals surface area contributed by atoms with Gasteiger partial charge in [-0.15, -0.1) is 11.3 Å². The second-order valence-corrected chi connectivity index (χ2v) is 13.7. The number of nitrogens with one attached hydrogen (secondary N) is 3. The highest BCUT2D eigenvalue weighted by atomic mass is 32.2. The minimum absolute atomic E-state index is 0.0486. The van der Waals surface area contributed by atoms with Gasteiger partial charge in [0.1, 0.15) is 9.71 Å². The fourth-order valence-electron chi connectivity index (χ4n) is 3.19. The molecule has 226 valence electrons. The van der Waals surface area contributed by atoms with Crippen LogP contribution >= 0.6 is 23.1 Å². The lowest BCUT2D eigenvalue weighted by atomic mass is 10.1. The maximum atomic E-state index is 12.9. The number of rotatable bonds is 9. The average molecular weight is 606 g/mol. The van der Waals surface area contributed by atoms with Crippen molar-refractivity contribution in [2.45, 2.75) is 70.2 Å². The number of anilines is 2. The van der Waals surface area contributed by atoms with E-state index in [1.807, 2.05) is 59.1 Å². The number of aliphatic hydroxyl groups excluding tert-OH is 2. The maximum absolute atomic E-state index is 12.9. The summed E-state index contributed by atoms with van der Waals surface area (Å²) >= 11 is 2.63. The van der Waals surface area contributed by atoms with Crippen molar-refractivity contribution in [1.29, 1.82) is 0 Å². The smallest absolute Gasteiger partial charge is 0.263 e. The van der Waals surface area contributed by atoms with Crippen molar-refractivity contribution in [3.8, 4) is 11.3 Å². The summed E-state index contributed by atoms with van der Waals surface area (Å²) in [6, 6.07) is 7.29. The molecule has 0 fully saturated rings. The molecule has 3 rings (SSSR count). The monoisotopic (exact) mass is 605 g/mol. The largest absolute Gasteiger partial charge is 0.397 e. The molecule has 0 aliphatic rings. The summed E-state index contributed by atoms with van der Waals surface area (Å²) in [4.78, 5) is 35.6. The number of carbonyl (C=O) groups excluding carboxylic acids is 2. The van der Waals surface area contributed by atoms with Gasteiger partial charge in [-0.25, -0.2) is 9.97 Å². The minimum atomic E-state index is -0.562. The molecule has 0 spiro atoms. The molecule has 13 heteroatoms. The fourth-order valence-corrected chi connectivity index (χ4v) is 4.61. The van der Waals surface area contributed by atoms with Gasteiger partial charge >= 0.3 is 0 Å². The highest BCUT2D eigenvalue weighted by Gasteiger charge is 2.25. The number of nitrogens with zero attached hydrogens (tertiary/aromatic N) is 2. The Kier molecular flexibility index (Phi) is 11.7. The van der Waals surface area contributed by atoms with Crippen LogP contribution < -0.4 is 27.4 Å². The van der Waals surface area contributed by atoms with Crippen molar-refractivity contribution in [3.63, 3.8) is 0 Å². The Labute approximate surface area is 249 Å². The molecule has 2 heterocycles. The Morgan fingerprint density at radius 3 is 2.22 bits per heavy atom. The van der Waals surface area contributed by atoms with Gasteiger partial charge in [-0.2, -0.15) is 0 Å². The van der Waals surface area contributed by atoms with Crippen LogP contribution in [0.5, 0.6) is 0 Å². The van der Waals surface area contributed by atoms with E-state index < -0.39 is 16.6 Å². The number of aromatic nitrogens is 2. The van der Waals surface area contributed by atoms with Crippen molar-refractivity contribution in [3.05, 3.63) is 29.1 Å². The molecule has 0 saturated carbocycles. The van der Waals surface area contributed by atoms with Crippen LogP contribution in [0.1, 0.15) is 58.1 Å². The highest BCUT2D eigenvalue weighted by molar-refractivity contribution is 7.98. The lowest BCUT2D eigenvalue weighted by Gasteiger charge is -2.23. The van der Waals surface area contributed by atoms with E-state index in [-0.39, 0.29) is 31.6 Å². The minimum Gasteiger partial charge on any atom is -0.397 e. The lowest BCUT2D eigenvalue weighted by molar-refractivity contribution is -0.115. The molecule has 0 aliphatic heterocycles. The summed E-state index contributed by atoms with van der Waals surface area (Å²) in [7, 11) is 0. The first-order valence-corrected chi connectivity index (χ1v) is 15.1. The molecular weight excluding hydrogens is 562 g/mol. The van der Waals surface area contributed by atoms with Crippen LogP contribution in [0, 0.1) is 0 Å². The van der Waals surface area contributed by atoms with E-state index in [1.165, 1.54) is 23.1 Å². The van der Waals surface area contributed by atoms with Crippen LogP contribution in [0.15, 0.2) is 29.4 Å². The number of aliphatic hydroxyl groups is 2. The molecule has 0 aliphatic carbocycles. The van der Waals surface area contributed by atoms with Gasteiger partial charge < -0.3 is 37.6 Å². The molecule has 2 aromatic heterocycles. The third kappa shape index (κ3) is 10.5. The van der Waals surface area contributed by atoms with Gasteiger partial charge in [0.2, 0.25) is 5.91 Å². The molecule has 0 bridgehead atoms. The predicted molar refractivity (Wildman–Crippen MR) is 169 cm³/mol. The number of hydrogen-bond donors (Lipinski definition) is 7. The van der Waals surface area contributed by atoms with E-state index >= 15 is 0 Å². The van der Waals surface area contributed by atoms with E-state index in [0.717, 1.165) is 5.56 Å². The quantitative estimate of drug-likeness (QED) is 0.141. The summed E-state index contributed by atoms with van der Waals surface area (Å²) in [5.74, 6) is -0.494. The number of thioether (sulfide) groups is 1. The number of nitrogens with two attached hydrogens (primary N) is 2. The van der Waals surface area contributed by atoms with Gasteiger partial charge in [-0.1, -0.05) is 23.9 Å². The van der Waals surface area contributed by atoms with E-state index in [9.17, 15) is 14.7 Å². The highest BCUT2D eigenvalue weighted by Crippen LogP contribution is 2.40. The van der Waals surface area contributed by atoms with Gasteiger partial charge in [-0.05, 0) is 66.9 Å². The molecule has 1 aromatic carbocycles. The Morgan fingerprint density at radius 2 is 1.68 bits per heavy atom. The van der Waals surface area contributed by atoms with Crippen molar-refractivity contribution in [2.75, 3.05) is 37.1 Å². The van der Waals surface area contributed by atoms with Crippen LogP contribution in [0.2, 0.25) is 0 Å². The SMILES string of the molecule is CC(C)(N)CO.CSc1nc(-c2cccc(NC(=O)CNC(C)(C)CO)c2)c2c(N)c(C(=O)NC(C)(C)C)sc2n1. The van der Waals surface area contributed by atoms with Crippen molar-refractivity contribution in [2.24, 2.45) is 5.73 Å². The molecular formula is C28H43N7O4S2. The molecule has 0 atom stereocenters. The van der Waals surface area contributed by atoms with Gasteiger partial charge in [0.15, 0.2) is 5.16 Å². The first kappa shape index (κ1) is 34.4. The zero-order valence-electron chi connectivity index (χ0n) is 25.0. The number of carbonyl (C=O) groups is 2. The number of fused-ring (bicyclic) bond motifs is 1.